The number of fused-ring (bicyclic) bond motifs is 1. The first-order valence-electron chi connectivity index (χ1n) is 4.15. The molecule has 0 saturated carbocycles. The fourth-order valence-corrected chi connectivity index (χ4v) is 5.80. The van der Waals surface area contributed by atoms with Crippen LogP contribution in [0.4, 0.5) is 0 Å². The zero-order chi connectivity index (χ0) is 11.2. The molecule has 0 atom stereocenters. The number of ketones is 1. The van der Waals surface area contributed by atoms with Crippen LogP contribution in [0.1, 0.15) is 22.3 Å². The summed E-state index contributed by atoms with van der Waals surface area (Å²) in [6, 6.07) is 0. The fraction of sp³-hybridized carbons (Fsp3) is 0.375. The minimum atomic E-state index is -3.73. The number of thioether (sulfide) groups is 1. The van der Waals surface area contributed by atoms with E-state index in [1.807, 2.05) is 0 Å². The van der Waals surface area contributed by atoms with Crippen molar-refractivity contribution in [3.8, 4) is 0 Å². The number of carbonyl (C=O) groups is 1. The summed E-state index contributed by atoms with van der Waals surface area (Å²) in [6.07, 6.45) is 0.469. The number of rotatable bonds is 1. The third-order valence-electron chi connectivity index (χ3n) is 2.13. The molecule has 0 fully saturated rings. The monoisotopic (exact) mass is 282 g/mol. The Hall–Kier alpha value is -0.0400. The summed E-state index contributed by atoms with van der Waals surface area (Å²) in [5.41, 5.74) is 1.05. The van der Waals surface area contributed by atoms with Gasteiger partial charge in [-0.25, -0.2) is 8.42 Å². The van der Waals surface area contributed by atoms with Crippen molar-refractivity contribution in [3.63, 3.8) is 0 Å². The average molecular weight is 283 g/mol. The molecule has 1 aliphatic heterocycles. The standard InChI is InChI=1S/C8H7ClO3S3/c1-4-6-5(10)2-3-13-7(6)14-8(4)15(9,11)12/h2-3H2,1H3. The van der Waals surface area contributed by atoms with Crippen LogP contribution < -0.4 is 0 Å². The average Bonchev–Trinajstić information content (AvgIpc) is 2.44. The second kappa shape index (κ2) is 3.76. The lowest BCUT2D eigenvalue weighted by Gasteiger charge is -2.09. The molecule has 82 valence electrons. The zero-order valence-corrected chi connectivity index (χ0v) is 10.9. The predicted molar refractivity (Wildman–Crippen MR) is 61.8 cm³/mol. The van der Waals surface area contributed by atoms with Gasteiger partial charge in [0.1, 0.15) is 4.21 Å². The Morgan fingerprint density at radius 3 is 2.60 bits per heavy atom. The third-order valence-corrected chi connectivity index (χ3v) is 6.89. The van der Waals surface area contributed by atoms with E-state index in [9.17, 15) is 13.2 Å². The van der Waals surface area contributed by atoms with Gasteiger partial charge in [-0.15, -0.1) is 23.1 Å². The molecule has 1 aromatic heterocycles. The van der Waals surface area contributed by atoms with Crippen LogP contribution in [0.2, 0.25) is 0 Å². The lowest BCUT2D eigenvalue weighted by molar-refractivity contribution is 0.0985. The van der Waals surface area contributed by atoms with E-state index in [1.54, 1.807) is 6.92 Å². The van der Waals surface area contributed by atoms with Crippen LogP contribution in [-0.2, 0) is 9.05 Å². The number of Topliss-reactive ketones (excluding diaryl/α,β-unsaturated/α-hetero) is 1. The van der Waals surface area contributed by atoms with E-state index in [0.717, 1.165) is 15.5 Å². The number of thiophene rings is 1. The van der Waals surface area contributed by atoms with Gasteiger partial charge in [0.05, 0.1) is 4.21 Å². The summed E-state index contributed by atoms with van der Waals surface area (Å²) in [4.78, 5) is 11.6. The van der Waals surface area contributed by atoms with Crippen LogP contribution in [0, 0.1) is 6.92 Å². The van der Waals surface area contributed by atoms with Gasteiger partial charge in [0.2, 0.25) is 0 Å². The second-order valence-corrected chi connectivity index (χ2v) is 8.28. The molecule has 1 aromatic rings. The van der Waals surface area contributed by atoms with Crippen molar-refractivity contribution in [1.82, 2.24) is 0 Å². The molecule has 0 unspecified atom stereocenters. The molecule has 2 heterocycles. The lowest BCUT2D eigenvalue weighted by Crippen LogP contribution is -2.07. The van der Waals surface area contributed by atoms with Crippen molar-refractivity contribution in [2.24, 2.45) is 0 Å². The minimum absolute atomic E-state index is 0.0177. The largest absolute Gasteiger partial charge is 0.294 e. The molecule has 3 nitrogen and oxygen atoms in total. The molecule has 2 rings (SSSR count). The summed E-state index contributed by atoms with van der Waals surface area (Å²) < 4.78 is 23.4. The van der Waals surface area contributed by atoms with Crippen molar-refractivity contribution in [2.75, 3.05) is 5.75 Å². The summed E-state index contributed by atoms with van der Waals surface area (Å²) in [6.45, 7) is 1.63. The molecular formula is C8H7ClO3S3. The highest BCUT2D eigenvalue weighted by atomic mass is 35.7. The molecule has 0 bridgehead atoms. The van der Waals surface area contributed by atoms with Gasteiger partial charge in [-0.3, -0.25) is 4.79 Å². The number of hydrogen-bond acceptors (Lipinski definition) is 5. The number of halogens is 1. The van der Waals surface area contributed by atoms with Crippen molar-refractivity contribution in [3.05, 3.63) is 11.1 Å². The summed E-state index contributed by atoms with van der Waals surface area (Å²) in [5.74, 6) is 0.733. The maximum Gasteiger partial charge on any atom is 0.271 e. The minimum Gasteiger partial charge on any atom is -0.294 e. The van der Waals surface area contributed by atoms with E-state index < -0.39 is 9.05 Å². The molecule has 0 aliphatic carbocycles. The Kier molecular flexibility index (Phi) is 2.87. The number of hydrogen-bond donors (Lipinski definition) is 0. The van der Waals surface area contributed by atoms with E-state index in [4.69, 9.17) is 10.7 Å². The Balaban J connectivity index is 2.69. The van der Waals surface area contributed by atoms with Crippen LogP contribution in [0.25, 0.3) is 0 Å². The van der Waals surface area contributed by atoms with Crippen molar-refractivity contribution in [2.45, 2.75) is 21.8 Å². The normalized spacial score (nSPS) is 16.5. The topological polar surface area (TPSA) is 51.2 Å². The molecule has 0 N–H and O–H groups in total. The molecule has 0 aromatic carbocycles. The van der Waals surface area contributed by atoms with E-state index in [1.165, 1.54) is 11.8 Å². The van der Waals surface area contributed by atoms with Crippen LogP contribution in [0.15, 0.2) is 8.42 Å². The van der Waals surface area contributed by atoms with Crippen molar-refractivity contribution >= 4 is 48.6 Å². The maximum atomic E-state index is 11.6. The van der Waals surface area contributed by atoms with Gasteiger partial charge < -0.3 is 0 Å². The SMILES string of the molecule is Cc1c(S(=O)(=O)Cl)sc2c1C(=O)CCS2. The Morgan fingerprint density at radius 2 is 2.07 bits per heavy atom. The Labute approximate surface area is 100 Å². The molecule has 0 spiro atoms. The highest BCUT2D eigenvalue weighted by molar-refractivity contribution is 8.15. The maximum absolute atomic E-state index is 11.6. The third kappa shape index (κ3) is 1.95. The molecular weight excluding hydrogens is 276 g/mol. The first kappa shape index (κ1) is 11.4. The van der Waals surface area contributed by atoms with Crippen LogP contribution in [0.5, 0.6) is 0 Å². The van der Waals surface area contributed by atoms with Crippen LogP contribution in [0.3, 0.4) is 0 Å². The van der Waals surface area contributed by atoms with Gasteiger partial charge in [0.15, 0.2) is 5.78 Å². The van der Waals surface area contributed by atoms with Crippen molar-refractivity contribution < 1.29 is 13.2 Å². The smallest absolute Gasteiger partial charge is 0.271 e. The first-order valence-corrected chi connectivity index (χ1v) is 8.26. The van der Waals surface area contributed by atoms with Crippen LogP contribution in [-0.4, -0.2) is 20.0 Å². The summed E-state index contributed by atoms with van der Waals surface area (Å²) in [5, 5.41) is 0. The number of carbonyl (C=O) groups excluding carboxylic acids is 1. The summed E-state index contributed by atoms with van der Waals surface area (Å²) in [7, 11) is 1.57. The van der Waals surface area contributed by atoms with E-state index in [-0.39, 0.29) is 9.99 Å². The quantitative estimate of drug-likeness (QED) is 0.743. The predicted octanol–water partition coefficient (Wildman–Crippen LogP) is 2.66. The first-order chi connectivity index (χ1) is 6.91. The van der Waals surface area contributed by atoms with Gasteiger partial charge >= 0.3 is 0 Å². The van der Waals surface area contributed by atoms with Crippen LogP contribution >= 0.6 is 33.8 Å². The van der Waals surface area contributed by atoms with Crippen molar-refractivity contribution in [1.29, 1.82) is 0 Å². The molecule has 0 radical (unpaired) electrons. The Bertz CT molecular complexity index is 530. The molecule has 1 aliphatic rings. The van der Waals surface area contributed by atoms with Gasteiger partial charge in [0, 0.05) is 28.4 Å². The molecule has 7 heteroatoms. The van der Waals surface area contributed by atoms with E-state index in [0.29, 0.717) is 23.3 Å². The molecule has 15 heavy (non-hydrogen) atoms. The highest BCUT2D eigenvalue weighted by Gasteiger charge is 2.29. The van der Waals surface area contributed by atoms with Gasteiger partial charge in [-0.2, -0.15) is 0 Å². The molecule has 0 saturated heterocycles. The second-order valence-electron chi connectivity index (χ2n) is 3.14. The van der Waals surface area contributed by atoms with Gasteiger partial charge in [-0.05, 0) is 12.5 Å². The van der Waals surface area contributed by atoms with E-state index in [2.05, 4.69) is 0 Å². The lowest BCUT2D eigenvalue weighted by atomic mass is 10.1. The molecule has 0 amide bonds. The van der Waals surface area contributed by atoms with Gasteiger partial charge in [0.25, 0.3) is 9.05 Å². The highest BCUT2D eigenvalue weighted by Crippen LogP contribution is 2.42. The van der Waals surface area contributed by atoms with Gasteiger partial charge in [-0.1, -0.05) is 0 Å². The Morgan fingerprint density at radius 1 is 1.40 bits per heavy atom. The zero-order valence-electron chi connectivity index (χ0n) is 7.74. The summed E-state index contributed by atoms with van der Waals surface area (Å²) >= 11 is 2.61. The fourth-order valence-electron chi connectivity index (χ4n) is 1.49. The van der Waals surface area contributed by atoms with E-state index >= 15 is 0 Å².